The van der Waals surface area contributed by atoms with Crippen molar-refractivity contribution < 1.29 is 26.6 Å². The number of thioether (sulfide) groups is 1. The molecule has 1 rings (SSSR count). The number of aryl methyl sites for hydroxylation is 1. The largest absolute Gasteiger partial charge is 0.697 e. The van der Waals surface area contributed by atoms with Gasteiger partial charge in [-0.3, -0.25) is 0 Å². The normalized spacial score (nSPS) is 12.5. The maximum Gasteiger partial charge on any atom is 0.697 e. The summed E-state index contributed by atoms with van der Waals surface area (Å²) in [6.07, 6.45) is 2.29. The molecule has 0 fully saturated rings. The maximum atomic E-state index is 12.1. The Labute approximate surface area is 117 Å². The molecule has 0 aliphatic carbocycles. The first-order valence-corrected chi connectivity index (χ1v) is 9.03. The SMILES string of the molecule is CCc1cccc(SC)c1S(=O)(=O)OCO[P+](=O)O. The summed E-state index contributed by atoms with van der Waals surface area (Å²) in [5.41, 5.74) is 0.625. The lowest BCUT2D eigenvalue weighted by molar-refractivity contribution is 0.120. The molecule has 0 spiro atoms. The van der Waals surface area contributed by atoms with E-state index in [4.69, 9.17) is 4.89 Å². The van der Waals surface area contributed by atoms with E-state index in [1.807, 2.05) is 6.92 Å². The van der Waals surface area contributed by atoms with E-state index in [2.05, 4.69) is 8.71 Å². The average Bonchev–Trinajstić information content (AvgIpc) is 2.36. The molecule has 1 unspecified atom stereocenters. The van der Waals surface area contributed by atoms with Crippen LogP contribution in [0.25, 0.3) is 0 Å². The van der Waals surface area contributed by atoms with Gasteiger partial charge in [0.05, 0.1) is 0 Å². The second-order valence-electron chi connectivity index (χ2n) is 3.36. The maximum absolute atomic E-state index is 12.1. The van der Waals surface area contributed by atoms with Crippen LogP contribution in [0.2, 0.25) is 0 Å². The van der Waals surface area contributed by atoms with E-state index in [0.717, 1.165) is 0 Å². The minimum Gasteiger partial charge on any atom is -0.232 e. The van der Waals surface area contributed by atoms with Crippen LogP contribution in [0.15, 0.2) is 28.0 Å². The smallest absolute Gasteiger partial charge is 0.232 e. The number of hydrogen-bond donors (Lipinski definition) is 1. The second kappa shape index (κ2) is 7.33. The van der Waals surface area contributed by atoms with Crippen molar-refractivity contribution in [2.75, 3.05) is 13.0 Å². The highest BCUT2D eigenvalue weighted by Crippen LogP contribution is 2.30. The van der Waals surface area contributed by atoms with E-state index in [1.54, 1.807) is 24.5 Å². The third kappa shape index (κ3) is 4.52. The van der Waals surface area contributed by atoms with Gasteiger partial charge in [-0.2, -0.15) is 8.42 Å². The summed E-state index contributed by atoms with van der Waals surface area (Å²) in [7, 11) is -6.92. The van der Waals surface area contributed by atoms with Crippen molar-refractivity contribution in [3.8, 4) is 0 Å². The standard InChI is InChI=1S/C10H13O6PS2/c1-3-8-5-4-6-9(18-2)10(8)19(13,14)16-7-15-17(11)12/h4-6H,3,7H2,1-2H3/p+1. The number of hydrogen-bond acceptors (Lipinski definition) is 6. The van der Waals surface area contributed by atoms with Crippen LogP contribution in [0, 0.1) is 0 Å². The van der Waals surface area contributed by atoms with Gasteiger partial charge >= 0.3 is 18.4 Å². The molecule has 0 saturated carbocycles. The zero-order valence-corrected chi connectivity index (χ0v) is 12.9. The number of rotatable bonds is 7. The first kappa shape index (κ1) is 16.6. The van der Waals surface area contributed by atoms with Crippen LogP contribution >= 0.6 is 20.0 Å². The summed E-state index contributed by atoms with van der Waals surface area (Å²) in [6.45, 7) is 1.04. The quantitative estimate of drug-likeness (QED) is 0.356. The van der Waals surface area contributed by atoms with E-state index >= 15 is 0 Å². The Balaban J connectivity index is 3.09. The fraction of sp³-hybridized carbons (Fsp3) is 0.400. The molecule has 0 radical (unpaired) electrons. The van der Waals surface area contributed by atoms with Gasteiger partial charge in [0, 0.05) is 9.46 Å². The number of benzene rings is 1. The first-order chi connectivity index (χ1) is 8.92. The molecule has 0 aliphatic heterocycles. The molecule has 0 heterocycles. The minimum absolute atomic E-state index is 0.0850. The van der Waals surface area contributed by atoms with Crippen LogP contribution in [0.4, 0.5) is 0 Å². The molecule has 0 bridgehead atoms. The molecule has 19 heavy (non-hydrogen) atoms. The average molecular weight is 325 g/mol. The molecule has 106 valence electrons. The predicted octanol–water partition coefficient (Wildman–Crippen LogP) is 2.30. The van der Waals surface area contributed by atoms with Gasteiger partial charge in [0.1, 0.15) is 4.90 Å². The van der Waals surface area contributed by atoms with E-state index in [9.17, 15) is 13.0 Å². The Kier molecular flexibility index (Phi) is 6.38. The Morgan fingerprint density at radius 1 is 1.42 bits per heavy atom. The second-order valence-corrected chi connectivity index (χ2v) is 6.49. The summed E-state index contributed by atoms with van der Waals surface area (Å²) in [6, 6.07) is 5.14. The van der Waals surface area contributed by atoms with Gasteiger partial charge in [-0.15, -0.1) is 16.7 Å². The lowest BCUT2D eigenvalue weighted by Gasteiger charge is -2.11. The molecule has 0 aromatic heterocycles. The van der Waals surface area contributed by atoms with E-state index in [1.165, 1.54) is 11.8 Å². The van der Waals surface area contributed by atoms with Crippen molar-refractivity contribution in [2.45, 2.75) is 23.1 Å². The highest BCUT2D eigenvalue weighted by Gasteiger charge is 2.25. The van der Waals surface area contributed by atoms with Crippen LogP contribution < -0.4 is 0 Å². The monoisotopic (exact) mass is 325 g/mol. The fourth-order valence-electron chi connectivity index (χ4n) is 1.47. The van der Waals surface area contributed by atoms with Crippen molar-refractivity contribution in [3.63, 3.8) is 0 Å². The Morgan fingerprint density at radius 3 is 2.63 bits per heavy atom. The van der Waals surface area contributed by atoms with E-state index in [0.29, 0.717) is 16.9 Å². The van der Waals surface area contributed by atoms with Crippen LogP contribution in [-0.4, -0.2) is 26.4 Å². The molecule has 0 amide bonds. The molecule has 1 aromatic carbocycles. The van der Waals surface area contributed by atoms with Crippen LogP contribution in [-0.2, 0) is 29.8 Å². The van der Waals surface area contributed by atoms with E-state index < -0.39 is 25.2 Å². The van der Waals surface area contributed by atoms with Crippen molar-refractivity contribution in [2.24, 2.45) is 0 Å². The molecule has 9 heteroatoms. The molecule has 6 nitrogen and oxygen atoms in total. The van der Waals surface area contributed by atoms with Crippen LogP contribution in [0.3, 0.4) is 0 Å². The van der Waals surface area contributed by atoms with E-state index in [-0.39, 0.29) is 4.90 Å². The van der Waals surface area contributed by atoms with Crippen LogP contribution in [0.1, 0.15) is 12.5 Å². The zero-order valence-electron chi connectivity index (χ0n) is 10.4. The highest BCUT2D eigenvalue weighted by molar-refractivity contribution is 7.99. The molecular formula is C10H14O6PS2+. The molecule has 0 saturated heterocycles. The van der Waals surface area contributed by atoms with Crippen molar-refractivity contribution in [1.29, 1.82) is 0 Å². The third-order valence-electron chi connectivity index (χ3n) is 2.28. The predicted molar refractivity (Wildman–Crippen MR) is 71.6 cm³/mol. The van der Waals surface area contributed by atoms with Gasteiger partial charge in [0.25, 0.3) is 0 Å². The lowest BCUT2D eigenvalue weighted by atomic mass is 10.2. The fourth-order valence-corrected chi connectivity index (χ4v) is 3.92. The Morgan fingerprint density at radius 2 is 2.11 bits per heavy atom. The molecule has 1 N–H and O–H groups in total. The summed E-state index contributed by atoms with van der Waals surface area (Å²) in [5.74, 6) is 0. The lowest BCUT2D eigenvalue weighted by Crippen LogP contribution is -2.11. The molecule has 1 aromatic rings. The van der Waals surface area contributed by atoms with Gasteiger partial charge < -0.3 is 0 Å². The summed E-state index contributed by atoms with van der Waals surface area (Å²) < 4.78 is 43.3. The van der Waals surface area contributed by atoms with Crippen LogP contribution in [0.5, 0.6) is 0 Å². The topological polar surface area (TPSA) is 89.9 Å². The summed E-state index contributed by atoms with van der Waals surface area (Å²) >= 11 is 1.28. The summed E-state index contributed by atoms with van der Waals surface area (Å²) in [5, 5.41) is 0. The highest BCUT2D eigenvalue weighted by atomic mass is 32.2. The molecule has 1 atom stereocenters. The Hall–Kier alpha value is -0.500. The van der Waals surface area contributed by atoms with Gasteiger partial charge in [-0.05, 0) is 24.3 Å². The minimum atomic E-state index is -4.03. The van der Waals surface area contributed by atoms with Gasteiger partial charge in [0.2, 0.25) is 6.79 Å². The van der Waals surface area contributed by atoms with Crippen molar-refractivity contribution in [1.82, 2.24) is 0 Å². The third-order valence-corrected chi connectivity index (χ3v) is 4.90. The van der Waals surface area contributed by atoms with Crippen molar-refractivity contribution in [3.05, 3.63) is 23.8 Å². The van der Waals surface area contributed by atoms with Gasteiger partial charge in [0.15, 0.2) is 0 Å². The van der Waals surface area contributed by atoms with Gasteiger partial charge in [-0.1, -0.05) is 23.6 Å². The van der Waals surface area contributed by atoms with Gasteiger partial charge in [-0.25, -0.2) is 4.18 Å². The van der Waals surface area contributed by atoms with Crippen molar-refractivity contribution >= 4 is 30.1 Å². The molecular weight excluding hydrogens is 311 g/mol. The first-order valence-electron chi connectivity index (χ1n) is 5.26. The summed E-state index contributed by atoms with van der Waals surface area (Å²) in [4.78, 5) is 9.08. The Bertz CT molecular complexity index is 535. The zero-order chi connectivity index (χ0) is 14.5. The molecule has 0 aliphatic rings.